The number of hydrogen-bond donors (Lipinski definition) is 2. The number of ether oxygens (including phenoxy) is 4. The fourth-order valence-electron chi connectivity index (χ4n) is 13.4. The van der Waals surface area contributed by atoms with Gasteiger partial charge in [-0.05, 0) is 74.4 Å². The van der Waals surface area contributed by atoms with Gasteiger partial charge >= 0.3 is 17.9 Å². The number of benzene rings is 1. The summed E-state index contributed by atoms with van der Waals surface area (Å²) in [5.41, 5.74) is 1.96. The van der Waals surface area contributed by atoms with E-state index in [1.165, 1.54) is 26.7 Å². The van der Waals surface area contributed by atoms with E-state index >= 15 is 4.79 Å². The average molecular weight is 795 g/mol. The first-order valence-electron chi connectivity index (χ1n) is 21.0. The summed E-state index contributed by atoms with van der Waals surface area (Å²) in [5.74, 6) is -2.24. The second-order valence-corrected chi connectivity index (χ2v) is 18.0. The maximum absolute atomic E-state index is 15.3. The number of likely N-dealkylation sites (N-methyl/N-ethyl adjacent to an activating group) is 1. The Labute approximate surface area is 340 Å². The van der Waals surface area contributed by atoms with E-state index in [4.69, 9.17) is 18.9 Å². The fraction of sp³-hybridized carbons (Fsp3) is 0.587. The van der Waals surface area contributed by atoms with Crippen molar-refractivity contribution in [1.82, 2.24) is 19.7 Å². The molecule has 7 aliphatic rings. The zero-order valence-electron chi connectivity index (χ0n) is 35.1. The number of aromatic amines is 1. The number of allylic oxidation sites excluding steroid dienone is 1. The number of carbonyl (C=O) groups excluding carboxylic acids is 3. The highest BCUT2D eigenvalue weighted by Crippen LogP contribution is 2.70. The number of nitrogens with zero attached hydrogens (tertiary/aromatic N) is 3. The number of methoxy groups -OCH3 is 3. The number of rotatable bonds is 7. The standard InChI is InChI=1S/C46H58N4O8/c1-9-28-19-29-22-45(41(52)56-7,37-31(25-49(23-28)24-29)30-18-26(3)12-13-34(30)47-37)33-20-32-35(21-36(33)55-6)48(5)39-44(32)15-17-50-16-11-14-43(10-2,38(44)50)40(58-27(4)51)46(39,54)42(53)57-8/h11-14,18-21,29,33,36,38-40,47,54H,9-10,15-17,22-25H2,1-8H3/t29-,33?,36?,38+,39-,40-,43-,44?,45+,46+/m1/s1. The van der Waals surface area contributed by atoms with Crippen molar-refractivity contribution < 1.29 is 38.4 Å². The topological polar surface area (TPSA) is 134 Å². The van der Waals surface area contributed by atoms with Crippen LogP contribution >= 0.6 is 0 Å². The third kappa shape index (κ3) is 4.98. The molecule has 2 saturated heterocycles. The summed E-state index contributed by atoms with van der Waals surface area (Å²) in [5, 5.41) is 14.4. The van der Waals surface area contributed by atoms with E-state index in [-0.39, 0.29) is 17.9 Å². The molecule has 2 N–H and O–H groups in total. The smallest absolute Gasteiger partial charge is 0.344 e. The number of carbonyl (C=O) groups is 3. The molecule has 310 valence electrons. The molecular weight excluding hydrogens is 737 g/mol. The third-order valence-corrected chi connectivity index (χ3v) is 15.4. The highest BCUT2D eigenvalue weighted by atomic mass is 16.6. The van der Waals surface area contributed by atoms with Crippen molar-refractivity contribution in [2.24, 2.45) is 22.7 Å². The summed E-state index contributed by atoms with van der Waals surface area (Å²) < 4.78 is 24.1. The normalized spacial score (nSPS) is 38.6. The van der Waals surface area contributed by atoms with Gasteiger partial charge in [-0.2, -0.15) is 0 Å². The van der Waals surface area contributed by atoms with Crippen LogP contribution in [0.1, 0.15) is 63.3 Å². The predicted molar refractivity (Wildman–Crippen MR) is 217 cm³/mol. The van der Waals surface area contributed by atoms with E-state index in [0.717, 1.165) is 58.5 Å². The minimum Gasteiger partial charge on any atom is -0.468 e. The van der Waals surface area contributed by atoms with E-state index in [2.05, 4.69) is 77.2 Å². The molecule has 4 unspecified atom stereocenters. The SMILES string of the molecule is CCC1=C[C@H]2CN(C1)Cc1c([nH]c3ccc(C)cc13)[C@@](C(=O)OC)(C1C=C3C(=CC1OC)N(C)[C@@H]1C34CCN3CC=C[C@](CC)([C@H]34)[C@@H](OC(C)=O)[C@]1(O)C(=O)OC)C2. The van der Waals surface area contributed by atoms with Crippen LogP contribution in [-0.2, 0) is 45.3 Å². The monoisotopic (exact) mass is 794 g/mol. The Morgan fingerprint density at radius 1 is 1.02 bits per heavy atom. The Morgan fingerprint density at radius 2 is 1.79 bits per heavy atom. The molecule has 2 aromatic rings. The summed E-state index contributed by atoms with van der Waals surface area (Å²) in [6, 6.07) is 5.30. The number of aromatic nitrogens is 1. The van der Waals surface area contributed by atoms with Crippen molar-refractivity contribution in [3.05, 3.63) is 82.2 Å². The van der Waals surface area contributed by atoms with Gasteiger partial charge in [0, 0.05) is 92.3 Å². The van der Waals surface area contributed by atoms with Crippen LogP contribution in [0.5, 0.6) is 0 Å². The molecule has 2 aliphatic carbocycles. The number of aliphatic hydroxyl groups is 1. The maximum atomic E-state index is 15.3. The Balaban J connectivity index is 1.34. The van der Waals surface area contributed by atoms with Gasteiger partial charge in [-0.1, -0.05) is 55.4 Å². The van der Waals surface area contributed by atoms with Gasteiger partial charge in [0.15, 0.2) is 6.10 Å². The van der Waals surface area contributed by atoms with Crippen LogP contribution < -0.4 is 0 Å². The number of likely N-dealkylation sites (tertiary alicyclic amines) is 1. The number of hydrogen-bond acceptors (Lipinski definition) is 11. The number of aryl methyl sites for hydroxylation is 1. The highest BCUT2D eigenvalue weighted by Gasteiger charge is 2.81. The van der Waals surface area contributed by atoms with Gasteiger partial charge in [0.25, 0.3) is 0 Å². The zero-order chi connectivity index (χ0) is 41.1. The van der Waals surface area contributed by atoms with Crippen LogP contribution in [0.25, 0.3) is 10.9 Å². The van der Waals surface area contributed by atoms with Gasteiger partial charge in [0.2, 0.25) is 5.60 Å². The van der Waals surface area contributed by atoms with Crippen molar-refractivity contribution in [3.8, 4) is 0 Å². The van der Waals surface area contributed by atoms with E-state index in [1.807, 2.05) is 18.9 Å². The van der Waals surface area contributed by atoms with E-state index < -0.39 is 58.0 Å². The number of H-pyrrole nitrogens is 1. The van der Waals surface area contributed by atoms with Crippen molar-refractivity contribution in [1.29, 1.82) is 0 Å². The van der Waals surface area contributed by atoms with Crippen molar-refractivity contribution in [3.63, 3.8) is 0 Å². The molecule has 1 aromatic heterocycles. The molecule has 1 saturated carbocycles. The minimum absolute atomic E-state index is 0.0596. The first-order valence-corrected chi connectivity index (χ1v) is 21.0. The summed E-state index contributed by atoms with van der Waals surface area (Å²) in [7, 11) is 6.35. The molecule has 1 aromatic carbocycles. The Morgan fingerprint density at radius 3 is 2.48 bits per heavy atom. The Bertz CT molecular complexity index is 2210. The molecule has 12 nitrogen and oxygen atoms in total. The molecule has 9 rings (SSSR count). The van der Waals surface area contributed by atoms with Crippen LogP contribution in [0.2, 0.25) is 0 Å². The Hall–Kier alpha value is -4.23. The quantitative estimate of drug-likeness (QED) is 0.230. The fourth-order valence-corrected chi connectivity index (χ4v) is 13.4. The van der Waals surface area contributed by atoms with Crippen molar-refractivity contribution in [2.75, 3.05) is 54.6 Å². The molecule has 58 heavy (non-hydrogen) atoms. The van der Waals surface area contributed by atoms with Crippen molar-refractivity contribution in [2.45, 2.75) is 95.2 Å². The van der Waals surface area contributed by atoms with Crippen LogP contribution in [0.15, 0.2) is 65.4 Å². The molecule has 0 amide bonds. The lowest BCUT2D eigenvalue weighted by atomic mass is 9.47. The third-order valence-electron chi connectivity index (χ3n) is 15.4. The Kier molecular flexibility index (Phi) is 9.24. The van der Waals surface area contributed by atoms with Crippen molar-refractivity contribution >= 4 is 28.8 Å². The molecular formula is C46H58N4O8. The summed E-state index contributed by atoms with van der Waals surface area (Å²) >= 11 is 0. The largest absolute Gasteiger partial charge is 0.468 e. The molecule has 3 fully saturated rings. The summed E-state index contributed by atoms with van der Waals surface area (Å²) in [6.07, 6.45) is 11.6. The molecule has 0 radical (unpaired) electrons. The second kappa shape index (κ2) is 13.7. The predicted octanol–water partition coefficient (Wildman–Crippen LogP) is 4.70. The lowest BCUT2D eigenvalue weighted by molar-refractivity contribution is -0.243. The van der Waals surface area contributed by atoms with Crippen LogP contribution in [0, 0.1) is 29.6 Å². The average Bonchev–Trinajstić information content (AvgIpc) is 3.86. The van der Waals surface area contributed by atoms with Gasteiger partial charge in [-0.3, -0.25) is 19.4 Å². The summed E-state index contributed by atoms with van der Waals surface area (Å²) in [6.45, 7) is 11.4. The number of esters is 3. The van der Waals surface area contributed by atoms with Gasteiger partial charge < -0.3 is 33.9 Å². The molecule has 6 heterocycles. The second-order valence-electron chi connectivity index (χ2n) is 18.0. The molecule has 5 aliphatic heterocycles. The lowest BCUT2D eigenvalue weighted by Crippen LogP contribution is -2.79. The molecule has 11 atom stereocenters. The van der Waals surface area contributed by atoms with E-state index in [9.17, 15) is 14.7 Å². The van der Waals surface area contributed by atoms with Gasteiger partial charge in [-0.25, -0.2) is 4.79 Å². The first kappa shape index (κ1) is 39.2. The van der Waals surface area contributed by atoms with E-state index in [0.29, 0.717) is 38.9 Å². The van der Waals surface area contributed by atoms with E-state index in [1.54, 1.807) is 7.11 Å². The maximum Gasteiger partial charge on any atom is 0.344 e. The zero-order valence-corrected chi connectivity index (χ0v) is 35.1. The molecule has 1 spiro atoms. The van der Waals surface area contributed by atoms with Gasteiger partial charge in [0.05, 0.1) is 26.4 Å². The first-order chi connectivity index (χ1) is 27.8. The lowest BCUT2D eigenvalue weighted by Gasteiger charge is -2.63. The number of fused-ring (bicyclic) bond motifs is 6. The number of nitrogens with one attached hydrogen (secondary N) is 1. The van der Waals surface area contributed by atoms with Crippen LogP contribution in [0.3, 0.4) is 0 Å². The van der Waals surface area contributed by atoms with Gasteiger partial charge in [-0.15, -0.1) is 0 Å². The molecule has 2 bridgehead atoms. The minimum atomic E-state index is -2.26. The van der Waals surface area contributed by atoms with Crippen LogP contribution in [-0.4, -0.2) is 127 Å². The summed E-state index contributed by atoms with van der Waals surface area (Å²) in [4.78, 5) is 53.4. The molecule has 12 heteroatoms. The van der Waals surface area contributed by atoms with Gasteiger partial charge in [0.1, 0.15) is 5.41 Å². The highest BCUT2D eigenvalue weighted by molar-refractivity contribution is 5.92. The van der Waals surface area contributed by atoms with Crippen LogP contribution in [0.4, 0.5) is 0 Å².